The molecule has 1 nitrogen and oxygen atoms in total. The Morgan fingerprint density at radius 1 is 1.33 bits per heavy atom. The number of halogens is 1. The molecule has 1 aliphatic carbocycles. The SMILES string of the molecule is CCC(C)C(C)NC1CC(c2cccc(F)c2)C1. The fraction of sp³-hybridized carbons (Fsp3) is 0.625. The van der Waals surface area contributed by atoms with Gasteiger partial charge in [0.2, 0.25) is 0 Å². The smallest absolute Gasteiger partial charge is 0.123 e. The van der Waals surface area contributed by atoms with Crippen molar-refractivity contribution in [3.05, 3.63) is 35.6 Å². The van der Waals surface area contributed by atoms with Gasteiger partial charge in [0.1, 0.15) is 5.82 Å². The van der Waals surface area contributed by atoms with Crippen LogP contribution in [-0.4, -0.2) is 12.1 Å². The maximum Gasteiger partial charge on any atom is 0.123 e. The van der Waals surface area contributed by atoms with Crippen LogP contribution in [0.15, 0.2) is 24.3 Å². The average molecular weight is 249 g/mol. The number of rotatable bonds is 5. The van der Waals surface area contributed by atoms with E-state index in [1.807, 2.05) is 12.1 Å². The largest absolute Gasteiger partial charge is 0.311 e. The summed E-state index contributed by atoms with van der Waals surface area (Å²) in [5, 5.41) is 3.69. The van der Waals surface area contributed by atoms with Crippen LogP contribution in [0.2, 0.25) is 0 Å². The lowest BCUT2D eigenvalue weighted by molar-refractivity contribution is 0.241. The highest BCUT2D eigenvalue weighted by Gasteiger charge is 2.31. The fourth-order valence-electron chi connectivity index (χ4n) is 2.68. The molecular weight excluding hydrogens is 225 g/mol. The molecule has 1 aromatic carbocycles. The van der Waals surface area contributed by atoms with Crippen LogP contribution in [0.5, 0.6) is 0 Å². The topological polar surface area (TPSA) is 12.0 Å². The molecule has 0 radical (unpaired) electrons. The molecular formula is C16H24FN. The van der Waals surface area contributed by atoms with Gasteiger partial charge in [-0.25, -0.2) is 4.39 Å². The van der Waals surface area contributed by atoms with E-state index in [-0.39, 0.29) is 5.82 Å². The van der Waals surface area contributed by atoms with E-state index in [0.29, 0.717) is 18.0 Å². The summed E-state index contributed by atoms with van der Waals surface area (Å²) in [5.41, 5.74) is 1.16. The minimum Gasteiger partial charge on any atom is -0.311 e. The predicted molar refractivity (Wildman–Crippen MR) is 74.2 cm³/mol. The first-order valence-corrected chi connectivity index (χ1v) is 7.11. The molecule has 0 heterocycles. The molecule has 18 heavy (non-hydrogen) atoms. The molecule has 1 aliphatic rings. The summed E-state index contributed by atoms with van der Waals surface area (Å²) < 4.78 is 13.1. The quantitative estimate of drug-likeness (QED) is 0.828. The van der Waals surface area contributed by atoms with Crippen molar-refractivity contribution in [2.24, 2.45) is 5.92 Å². The Hall–Kier alpha value is -0.890. The zero-order valence-electron chi connectivity index (χ0n) is 11.6. The Morgan fingerprint density at radius 3 is 2.67 bits per heavy atom. The third kappa shape index (κ3) is 3.11. The Bertz CT molecular complexity index is 384. The predicted octanol–water partition coefficient (Wildman–Crippen LogP) is 4.10. The molecule has 1 N–H and O–H groups in total. The van der Waals surface area contributed by atoms with Gasteiger partial charge >= 0.3 is 0 Å². The van der Waals surface area contributed by atoms with Gasteiger partial charge in [-0.05, 0) is 49.3 Å². The van der Waals surface area contributed by atoms with Crippen LogP contribution in [0.4, 0.5) is 4.39 Å². The lowest BCUT2D eigenvalue weighted by atomic mass is 9.75. The second-order valence-corrected chi connectivity index (χ2v) is 5.76. The molecule has 2 heteroatoms. The minimum atomic E-state index is -0.114. The number of benzene rings is 1. The van der Waals surface area contributed by atoms with Crippen LogP contribution in [0.25, 0.3) is 0 Å². The summed E-state index contributed by atoms with van der Waals surface area (Å²) in [7, 11) is 0. The average Bonchev–Trinajstić information content (AvgIpc) is 2.31. The molecule has 2 atom stereocenters. The molecule has 0 aliphatic heterocycles. The van der Waals surface area contributed by atoms with Crippen molar-refractivity contribution in [1.82, 2.24) is 5.32 Å². The molecule has 0 spiro atoms. The first-order chi connectivity index (χ1) is 8.60. The van der Waals surface area contributed by atoms with Gasteiger partial charge < -0.3 is 5.32 Å². The lowest BCUT2D eigenvalue weighted by Gasteiger charge is -2.39. The Kier molecular flexibility index (Phi) is 4.39. The highest BCUT2D eigenvalue weighted by Crippen LogP contribution is 2.37. The number of hydrogen-bond donors (Lipinski definition) is 1. The Morgan fingerprint density at radius 2 is 2.06 bits per heavy atom. The van der Waals surface area contributed by atoms with E-state index >= 15 is 0 Å². The molecule has 1 aromatic rings. The lowest BCUT2D eigenvalue weighted by Crippen LogP contribution is -2.46. The summed E-state index contributed by atoms with van der Waals surface area (Å²) in [6.45, 7) is 6.79. The summed E-state index contributed by atoms with van der Waals surface area (Å²) in [6, 6.07) is 8.24. The van der Waals surface area contributed by atoms with E-state index in [1.165, 1.54) is 12.5 Å². The van der Waals surface area contributed by atoms with Crippen LogP contribution in [0, 0.1) is 11.7 Å². The van der Waals surface area contributed by atoms with E-state index in [0.717, 1.165) is 24.3 Å². The molecule has 0 bridgehead atoms. The van der Waals surface area contributed by atoms with Crippen molar-refractivity contribution in [1.29, 1.82) is 0 Å². The second kappa shape index (κ2) is 5.83. The van der Waals surface area contributed by atoms with E-state index in [4.69, 9.17) is 0 Å². The molecule has 100 valence electrons. The maximum atomic E-state index is 13.1. The van der Waals surface area contributed by atoms with Crippen molar-refractivity contribution < 1.29 is 4.39 Å². The van der Waals surface area contributed by atoms with Gasteiger partial charge in [0.15, 0.2) is 0 Å². The van der Waals surface area contributed by atoms with Crippen molar-refractivity contribution >= 4 is 0 Å². The van der Waals surface area contributed by atoms with Crippen LogP contribution in [0.3, 0.4) is 0 Å². The Labute approximate surface area is 110 Å². The van der Waals surface area contributed by atoms with Gasteiger partial charge in [-0.2, -0.15) is 0 Å². The zero-order valence-corrected chi connectivity index (χ0v) is 11.6. The third-order valence-electron chi connectivity index (χ3n) is 4.45. The zero-order chi connectivity index (χ0) is 13.1. The van der Waals surface area contributed by atoms with E-state index in [2.05, 4.69) is 26.1 Å². The first kappa shape index (κ1) is 13.5. The van der Waals surface area contributed by atoms with Crippen molar-refractivity contribution in [2.45, 2.75) is 58.0 Å². The standard InChI is InChI=1S/C16H24FN/c1-4-11(2)12(3)18-16-9-14(10-16)13-6-5-7-15(17)8-13/h5-8,11-12,14,16,18H,4,9-10H2,1-3H3. The highest BCUT2D eigenvalue weighted by molar-refractivity contribution is 5.23. The summed E-state index contributed by atoms with van der Waals surface area (Å²) in [4.78, 5) is 0. The van der Waals surface area contributed by atoms with Crippen LogP contribution >= 0.6 is 0 Å². The van der Waals surface area contributed by atoms with Gasteiger partial charge in [0, 0.05) is 12.1 Å². The minimum absolute atomic E-state index is 0.114. The van der Waals surface area contributed by atoms with Gasteiger partial charge in [0.25, 0.3) is 0 Å². The van der Waals surface area contributed by atoms with E-state index < -0.39 is 0 Å². The number of hydrogen-bond acceptors (Lipinski definition) is 1. The van der Waals surface area contributed by atoms with Crippen molar-refractivity contribution in [3.63, 3.8) is 0 Å². The first-order valence-electron chi connectivity index (χ1n) is 7.11. The normalized spacial score (nSPS) is 26.4. The monoisotopic (exact) mass is 249 g/mol. The number of nitrogens with one attached hydrogen (secondary N) is 1. The van der Waals surface area contributed by atoms with Gasteiger partial charge in [0.05, 0.1) is 0 Å². The fourth-order valence-corrected chi connectivity index (χ4v) is 2.68. The van der Waals surface area contributed by atoms with E-state index in [1.54, 1.807) is 6.07 Å². The molecule has 2 rings (SSSR count). The summed E-state index contributed by atoms with van der Waals surface area (Å²) in [5.74, 6) is 1.15. The van der Waals surface area contributed by atoms with E-state index in [9.17, 15) is 4.39 Å². The summed E-state index contributed by atoms with van der Waals surface area (Å²) >= 11 is 0. The highest BCUT2D eigenvalue weighted by atomic mass is 19.1. The maximum absolute atomic E-state index is 13.1. The van der Waals surface area contributed by atoms with Crippen LogP contribution in [0.1, 0.15) is 51.5 Å². The summed E-state index contributed by atoms with van der Waals surface area (Å²) in [6.07, 6.45) is 3.50. The molecule has 0 aromatic heterocycles. The Balaban J connectivity index is 1.80. The van der Waals surface area contributed by atoms with Gasteiger partial charge in [-0.1, -0.05) is 32.4 Å². The third-order valence-corrected chi connectivity index (χ3v) is 4.45. The second-order valence-electron chi connectivity index (χ2n) is 5.76. The van der Waals surface area contributed by atoms with Crippen LogP contribution in [-0.2, 0) is 0 Å². The van der Waals surface area contributed by atoms with Crippen LogP contribution < -0.4 is 5.32 Å². The van der Waals surface area contributed by atoms with Gasteiger partial charge in [-0.3, -0.25) is 0 Å². The molecule has 0 amide bonds. The molecule has 2 unspecified atom stereocenters. The molecule has 1 fully saturated rings. The van der Waals surface area contributed by atoms with Gasteiger partial charge in [-0.15, -0.1) is 0 Å². The van der Waals surface area contributed by atoms with Crippen molar-refractivity contribution in [2.75, 3.05) is 0 Å². The molecule has 1 saturated carbocycles. The van der Waals surface area contributed by atoms with Crippen molar-refractivity contribution in [3.8, 4) is 0 Å². The molecule has 0 saturated heterocycles.